The molecule has 1 aromatic rings. The first-order chi connectivity index (χ1) is 6.77. The van der Waals surface area contributed by atoms with E-state index in [-0.39, 0.29) is 5.91 Å². The first-order valence-corrected chi connectivity index (χ1v) is 5.83. The number of hydrogen-bond acceptors (Lipinski definition) is 1. The third kappa shape index (κ3) is 3.14. The average molecular weight is 256 g/mol. The van der Waals surface area contributed by atoms with Crippen molar-refractivity contribution in [3.05, 3.63) is 35.4 Å². The van der Waals surface area contributed by atoms with Crippen LogP contribution in [-0.4, -0.2) is 12.5 Å². The Bertz CT molecular complexity index is 312. The zero-order valence-corrected chi connectivity index (χ0v) is 9.80. The predicted molar refractivity (Wildman–Crippen MR) is 61.7 cm³/mol. The SMILES string of the molecule is CCCNC(=O)c1cccc(CBr)c1. The standard InChI is InChI=1S/C11H14BrNO/c1-2-6-13-11(14)10-5-3-4-9(7-10)8-12/h3-5,7H,2,6,8H2,1H3,(H,13,14). The van der Waals surface area contributed by atoms with Gasteiger partial charge in [-0.3, -0.25) is 4.79 Å². The molecule has 0 aromatic heterocycles. The molecule has 0 aliphatic rings. The van der Waals surface area contributed by atoms with Crippen LogP contribution in [0.1, 0.15) is 29.3 Å². The summed E-state index contributed by atoms with van der Waals surface area (Å²) in [6.07, 6.45) is 0.962. The molecule has 0 radical (unpaired) electrons. The molecule has 1 rings (SSSR count). The largest absolute Gasteiger partial charge is 0.352 e. The summed E-state index contributed by atoms with van der Waals surface area (Å²) in [5.41, 5.74) is 1.85. The maximum atomic E-state index is 11.5. The Balaban J connectivity index is 2.69. The van der Waals surface area contributed by atoms with E-state index in [1.54, 1.807) is 0 Å². The van der Waals surface area contributed by atoms with E-state index in [0.29, 0.717) is 0 Å². The molecule has 1 N–H and O–H groups in total. The summed E-state index contributed by atoms with van der Waals surface area (Å²) in [5, 5.41) is 3.63. The number of carbonyl (C=O) groups is 1. The number of hydrogen-bond donors (Lipinski definition) is 1. The molecule has 0 unspecified atom stereocenters. The van der Waals surface area contributed by atoms with Crippen molar-refractivity contribution in [1.82, 2.24) is 5.32 Å². The molecule has 0 bridgehead atoms. The summed E-state index contributed by atoms with van der Waals surface area (Å²) < 4.78 is 0. The quantitative estimate of drug-likeness (QED) is 0.824. The van der Waals surface area contributed by atoms with Crippen LogP contribution in [0.4, 0.5) is 0 Å². The Morgan fingerprint density at radius 3 is 2.93 bits per heavy atom. The molecule has 2 nitrogen and oxygen atoms in total. The number of rotatable bonds is 4. The van der Waals surface area contributed by atoms with Gasteiger partial charge in [-0.2, -0.15) is 0 Å². The minimum absolute atomic E-state index is 0.00894. The van der Waals surface area contributed by atoms with Crippen LogP contribution in [0.25, 0.3) is 0 Å². The molecule has 0 fully saturated rings. The van der Waals surface area contributed by atoms with Gasteiger partial charge in [0.25, 0.3) is 5.91 Å². The molecule has 3 heteroatoms. The van der Waals surface area contributed by atoms with E-state index in [9.17, 15) is 4.79 Å². The van der Waals surface area contributed by atoms with Crippen LogP contribution in [-0.2, 0) is 5.33 Å². The Morgan fingerprint density at radius 2 is 2.29 bits per heavy atom. The fourth-order valence-electron chi connectivity index (χ4n) is 1.14. The van der Waals surface area contributed by atoms with E-state index in [0.717, 1.165) is 29.4 Å². The summed E-state index contributed by atoms with van der Waals surface area (Å²) in [6.45, 7) is 2.77. The Morgan fingerprint density at radius 1 is 1.50 bits per heavy atom. The lowest BCUT2D eigenvalue weighted by molar-refractivity contribution is 0.0953. The summed E-state index contributed by atoms with van der Waals surface area (Å²) in [5.74, 6) is 0.00894. The molecule has 0 aliphatic carbocycles. The minimum atomic E-state index is 0.00894. The van der Waals surface area contributed by atoms with E-state index in [1.165, 1.54) is 0 Å². The number of amides is 1. The molecule has 0 spiro atoms. The van der Waals surface area contributed by atoms with Crippen LogP contribution < -0.4 is 5.32 Å². The van der Waals surface area contributed by atoms with Crippen molar-refractivity contribution in [1.29, 1.82) is 0 Å². The van der Waals surface area contributed by atoms with Crippen LogP contribution in [0.2, 0.25) is 0 Å². The lowest BCUT2D eigenvalue weighted by Gasteiger charge is -2.04. The summed E-state index contributed by atoms with van der Waals surface area (Å²) >= 11 is 3.36. The molecule has 1 aromatic carbocycles. The van der Waals surface area contributed by atoms with Gasteiger partial charge in [0.15, 0.2) is 0 Å². The van der Waals surface area contributed by atoms with Crippen LogP contribution in [0.5, 0.6) is 0 Å². The van der Waals surface area contributed by atoms with Crippen molar-refractivity contribution < 1.29 is 4.79 Å². The zero-order chi connectivity index (χ0) is 10.4. The monoisotopic (exact) mass is 255 g/mol. The number of carbonyl (C=O) groups excluding carboxylic acids is 1. The van der Waals surface area contributed by atoms with Crippen molar-refractivity contribution in [2.24, 2.45) is 0 Å². The zero-order valence-electron chi connectivity index (χ0n) is 8.22. The van der Waals surface area contributed by atoms with Crippen molar-refractivity contribution in [2.75, 3.05) is 6.54 Å². The summed E-state index contributed by atoms with van der Waals surface area (Å²) in [7, 11) is 0. The fraction of sp³-hybridized carbons (Fsp3) is 0.364. The van der Waals surface area contributed by atoms with E-state index in [1.807, 2.05) is 31.2 Å². The van der Waals surface area contributed by atoms with Gasteiger partial charge in [-0.15, -0.1) is 0 Å². The highest BCUT2D eigenvalue weighted by atomic mass is 79.9. The highest BCUT2D eigenvalue weighted by Gasteiger charge is 2.03. The van der Waals surface area contributed by atoms with Gasteiger partial charge in [0.2, 0.25) is 0 Å². The maximum absolute atomic E-state index is 11.5. The van der Waals surface area contributed by atoms with Gasteiger partial charge in [0, 0.05) is 17.4 Å². The lowest BCUT2D eigenvalue weighted by Crippen LogP contribution is -2.23. The fourth-order valence-corrected chi connectivity index (χ4v) is 1.49. The number of halogens is 1. The number of nitrogens with one attached hydrogen (secondary N) is 1. The number of alkyl halides is 1. The van der Waals surface area contributed by atoms with Crippen LogP contribution >= 0.6 is 15.9 Å². The second-order valence-electron chi connectivity index (χ2n) is 3.09. The molecule has 1 amide bonds. The Labute approximate surface area is 92.8 Å². The smallest absolute Gasteiger partial charge is 0.251 e. The normalized spacial score (nSPS) is 9.86. The molecule has 76 valence electrons. The predicted octanol–water partition coefficient (Wildman–Crippen LogP) is 2.72. The van der Waals surface area contributed by atoms with Crippen LogP contribution in [0.15, 0.2) is 24.3 Å². The maximum Gasteiger partial charge on any atom is 0.251 e. The van der Waals surface area contributed by atoms with Crippen LogP contribution in [0, 0.1) is 0 Å². The molecule has 0 aliphatic heterocycles. The lowest BCUT2D eigenvalue weighted by atomic mass is 10.1. The van der Waals surface area contributed by atoms with E-state index < -0.39 is 0 Å². The number of benzene rings is 1. The molecule has 0 atom stereocenters. The van der Waals surface area contributed by atoms with Crippen LogP contribution in [0.3, 0.4) is 0 Å². The second-order valence-corrected chi connectivity index (χ2v) is 3.65. The Kier molecular flexibility index (Phi) is 4.66. The second kappa shape index (κ2) is 5.81. The molecule has 0 saturated carbocycles. The topological polar surface area (TPSA) is 29.1 Å². The molecular formula is C11H14BrNO. The van der Waals surface area contributed by atoms with Crippen molar-refractivity contribution >= 4 is 21.8 Å². The van der Waals surface area contributed by atoms with Gasteiger partial charge in [-0.25, -0.2) is 0 Å². The van der Waals surface area contributed by atoms with Gasteiger partial charge in [-0.1, -0.05) is 35.0 Å². The van der Waals surface area contributed by atoms with Crippen molar-refractivity contribution in [2.45, 2.75) is 18.7 Å². The van der Waals surface area contributed by atoms with E-state index >= 15 is 0 Å². The van der Waals surface area contributed by atoms with Gasteiger partial charge < -0.3 is 5.32 Å². The first kappa shape index (κ1) is 11.2. The highest BCUT2D eigenvalue weighted by Crippen LogP contribution is 2.08. The molecule has 0 saturated heterocycles. The van der Waals surface area contributed by atoms with Gasteiger partial charge in [-0.05, 0) is 24.1 Å². The average Bonchev–Trinajstić information content (AvgIpc) is 2.26. The van der Waals surface area contributed by atoms with Crippen molar-refractivity contribution in [3.8, 4) is 0 Å². The summed E-state index contributed by atoms with van der Waals surface area (Å²) in [4.78, 5) is 11.5. The molecular weight excluding hydrogens is 242 g/mol. The van der Waals surface area contributed by atoms with Gasteiger partial charge in [0.05, 0.1) is 0 Å². The first-order valence-electron chi connectivity index (χ1n) is 4.71. The van der Waals surface area contributed by atoms with E-state index in [4.69, 9.17) is 0 Å². The third-order valence-electron chi connectivity index (χ3n) is 1.88. The third-order valence-corrected chi connectivity index (χ3v) is 2.53. The molecule has 14 heavy (non-hydrogen) atoms. The summed E-state index contributed by atoms with van der Waals surface area (Å²) in [6, 6.07) is 7.62. The Hall–Kier alpha value is -0.830. The minimum Gasteiger partial charge on any atom is -0.352 e. The van der Waals surface area contributed by atoms with Gasteiger partial charge in [0.1, 0.15) is 0 Å². The highest BCUT2D eigenvalue weighted by molar-refractivity contribution is 9.08. The van der Waals surface area contributed by atoms with E-state index in [2.05, 4.69) is 21.2 Å². The van der Waals surface area contributed by atoms with Gasteiger partial charge >= 0.3 is 0 Å². The van der Waals surface area contributed by atoms with Crippen molar-refractivity contribution in [3.63, 3.8) is 0 Å². The molecule has 0 heterocycles.